The van der Waals surface area contributed by atoms with Crippen molar-refractivity contribution in [3.8, 4) is 0 Å². The molecule has 1 heterocycles. The van der Waals surface area contributed by atoms with Crippen LogP contribution in [0.1, 0.15) is 49.9 Å². The monoisotopic (exact) mass is 540 g/mol. The van der Waals surface area contributed by atoms with Gasteiger partial charge in [-0.3, -0.25) is 14.5 Å². The Morgan fingerprint density at radius 1 is 1.16 bits per heavy atom. The Bertz CT molecular complexity index is 834. The van der Waals surface area contributed by atoms with Crippen molar-refractivity contribution in [2.24, 2.45) is 12.0 Å². The number of nitrogens with zero attached hydrogens (tertiary/aromatic N) is 5. The van der Waals surface area contributed by atoms with Crippen LogP contribution in [0.4, 0.5) is 0 Å². The van der Waals surface area contributed by atoms with Crippen LogP contribution in [0.5, 0.6) is 0 Å². The smallest absolute Gasteiger partial charge is 0.224 e. The molecule has 0 unspecified atom stereocenters. The minimum Gasteiger partial charge on any atom is -0.357 e. The molecule has 31 heavy (non-hydrogen) atoms. The summed E-state index contributed by atoms with van der Waals surface area (Å²) in [6, 6.07) is 10.0. The van der Waals surface area contributed by atoms with E-state index in [1.165, 1.54) is 5.56 Å². The van der Waals surface area contributed by atoms with Gasteiger partial charge in [0.25, 0.3) is 0 Å². The van der Waals surface area contributed by atoms with Crippen molar-refractivity contribution in [2.45, 2.75) is 46.2 Å². The quantitative estimate of drug-likeness (QED) is 0.300. The minimum atomic E-state index is 0. The van der Waals surface area contributed by atoms with Gasteiger partial charge in [-0.25, -0.2) is 0 Å². The Balaban J connectivity index is 0.00000480. The summed E-state index contributed by atoms with van der Waals surface area (Å²) in [5.74, 6) is 1.26. The average molecular weight is 540 g/mol. The molecule has 1 amide bonds. The molecule has 0 aliphatic heterocycles. The average Bonchev–Trinajstić information content (AvgIpc) is 3.08. The fraction of sp³-hybridized carbons (Fsp3) is 0.522. The molecule has 0 aliphatic carbocycles. The Morgan fingerprint density at radius 3 is 2.45 bits per heavy atom. The number of carbonyl (C=O) groups excluding carboxylic acids is 1. The number of aliphatic imine (C=N–C) groups is 1. The van der Waals surface area contributed by atoms with E-state index in [0.29, 0.717) is 25.4 Å². The summed E-state index contributed by atoms with van der Waals surface area (Å²) in [6.45, 7) is 8.92. The van der Waals surface area contributed by atoms with Gasteiger partial charge in [0.15, 0.2) is 5.96 Å². The summed E-state index contributed by atoms with van der Waals surface area (Å²) in [5.41, 5.74) is 3.43. The van der Waals surface area contributed by atoms with Crippen LogP contribution in [-0.4, -0.2) is 58.6 Å². The molecule has 0 saturated carbocycles. The lowest BCUT2D eigenvalue weighted by Gasteiger charge is -2.22. The number of nitrogens with one attached hydrogen (secondary N) is 1. The number of rotatable bonds is 9. The molecule has 0 bridgehead atoms. The highest BCUT2D eigenvalue weighted by atomic mass is 127. The standard InChI is InChI=1S/C23H36N6O.HI/c1-7-24-23(28(5)16-20-17-29(6)26-22(20)18(2)3)25-14-13-21(30)27(4)15-19-11-9-8-10-12-19;/h8-12,17-18H,7,13-16H2,1-6H3,(H,24,25);1H. The van der Waals surface area contributed by atoms with Gasteiger partial charge in [0, 0.05) is 59.0 Å². The third-order valence-corrected chi connectivity index (χ3v) is 4.86. The van der Waals surface area contributed by atoms with E-state index in [1.54, 1.807) is 4.90 Å². The van der Waals surface area contributed by atoms with Crippen molar-refractivity contribution in [1.29, 1.82) is 0 Å². The van der Waals surface area contributed by atoms with Gasteiger partial charge in [-0.15, -0.1) is 24.0 Å². The number of amides is 1. The highest BCUT2D eigenvalue weighted by molar-refractivity contribution is 14.0. The fourth-order valence-corrected chi connectivity index (χ4v) is 3.36. The van der Waals surface area contributed by atoms with Crippen molar-refractivity contribution in [2.75, 3.05) is 27.2 Å². The molecule has 2 rings (SSSR count). The second-order valence-corrected chi connectivity index (χ2v) is 7.95. The number of hydrogen-bond donors (Lipinski definition) is 1. The normalized spacial score (nSPS) is 11.3. The Labute approximate surface area is 203 Å². The molecule has 172 valence electrons. The molecule has 1 N–H and O–H groups in total. The molecule has 1 aromatic carbocycles. The molecule has 0 aliphatic rings. The largest absolute Gasteiger partial charge is 0.357 e. The summed E-state index contributed by atoms with van der Waals surface area (Å²) in [5, 5.41) is 7.91. The van der Waals surface area contributed by atoms with Crippen molar-refractivity contribution in [3.05, 3.63) is 53.3 Å². The first-order valence-electron chi connectivity index (χ1n) is 10.6. The highest BCUT2D eigenvalue weighted by Crippen LogP contribution is 2.18. The lowest BCUT2D eigenvalue weighted by Crippen LogP contribution is -2.39. The third-order valence-electron chi connectivity index (χ3n) is 4.86. The third kappa shape index (κ3) is 8.51. The lowest BCUT2D eigenvalue weighted by molar-refractivity contribution is -0.130. The lowest BCUT2D eigenvalue weighted by atomic mass is 10.1. The predicted octanol–water partition coefficient (Wildman–Crippen LogP) is 3.61. The summed E-state index contributed by atoms with van der Waals surface area (Å²) in [4.78, 5) is 21.0. The van der Waals surface area contributed by atoms with Gasteiger partial charge in [0.2, 0.25) is 5.91 Å². The SMILES string of the molecule is CCNC(=NCCC(=O)N(C)Cc1ccccc1)N(C)Cc1cn(C)nc1C(C)C.I. The number of halogens is 1. The maximum atomic E-state index is 12.5. The van der Waals surface area contributed by atoms with Crippen molar-refractivity contribution >= 4 is 35.8 Å². The van der Waals surface area contributed by atoms with Gasteiger partial charge >= 0.3 is 0 Å². The number of hydrogen-bond acceptors (Lipinski definition) is 3. The maximum Gasteiger partial charge on any atom is 0.224 e. The molecule has 0 saturated heterocycles. The first-order valence-corrected chi connectivity index (χ1v) is 10.6. The summed E-state index contributed by atoms with van der Waals surface area (Å²) in [7, 11) is 5.81. The zero-order valence-corrected chi connectivity index (χ0v) is 22.0. The first kappa shape index (κ1) is 26.9. The van der Waals surface area contributed by atoms with Gasteiger partial charge in [-0.1, -0.05) is 44.2 Å². The van der Waals surface area contributed by atoms with E-state index in [2.05, 4.69) is 40.4 Å². The number of aromatic nitrogens is 2. The van der Waals surface area contributed by atoms with Crippen LogP contribution in [0.25, 0.3) is 0 Å². The van der Waals surface area contributed by atoms with Gasteiger partial charge in [-0.05, 0) is 18.4 Å². The van der Waals surface area contributed by atoms with Crippen LogP contribution in [0.3, 0.4) is 0 Å². The van der Waals surface area contributed by atoms with E-state index >= 15 is 0 Å². The Hall–Kier alpha value is -2.10. The van der Waals surface area contributed by atoms with Gasteiger partial charge in [0.1, 0.15) is 0 Å². The molecular weight excluding hydrogens is 503 g/mol. The van der Waals surface area contributed by atoms with E-state index in [4.69, 9.17) is 0 Å². The van der Waals surface area contributed by atoms with E-state index in [9.17, 15) is 4.79 Å². The predicted molar refractivity (Wildman–Crippen MR) is 138 cm³/mol. The summed E-state index contributed by atoms with van der Waals surface area (Å²) in [6.07, 6.45) is 2.45. The molecule has 0 atom stereocenters. The van der Waals surface area contributed by atoms with Gasteiger partial charge < -0.3 is 15.1 Å². The Kier molecular flexibility index (Phi) is 11.6. The Morgan fingerprint density at radius 2 is 1.84 bits per heavy atom. The number of aryl methyl sites for hydroxylation is 1. The molecule has 2 aromatic rings. The topological polar surface area (TPSA) is 65.8 Å². The summed E-state index contributed by atoms with van der Waals surface area (Å²) < 4.78 is 1.86. The molecule has 1 aromatic heterocycles. The van der Waals surface area contributed by atoms with E-state index < -0.39 is 0 Å². The second kappa shape index (κ2) is 13.3. The van der Waals surface area contributed by atoms with Crippen LogP contribution in [0, 0.1) is 0 Å². The molecular formula is C23H37IN6O. The van der Waals surface area contributed by atoms with Crippen LogP contribution < -0.4 is 5.32 Å². The highest BCUT2D eigenvalue weighted by Gasteiger charge is 2.15. The van der Waals surface area contributed by atoms with E-state index in [0.717, 1.165) is 30.3 Å². The maximum absolute atomic E-state index is 12.5. The van der Waals surface area contributed by atoms with Crippen molar-refractivity contribution < 1.29 is 4.79 Å². The number of benzene rings is 1. The molecule has 8 heteroatoms. The van der Waals surface area contributed by atoms with Gasteiger partial charge in [-0.2, -0.15) is 5.10 Å². The second-order valence-electron chi connectivity index (χ2n) is 7.95. The van der Waals surface area contributed by atoms with Crippen LogP contribution in [-0.2, 0) is 24.9 Å². The zero-order chi connectivity index (χ0) is 22.1. The van der Waals surface area contributed by atoms with E-state index in [1.807, 2.05) is 63.1 Å². The van der Waals surface area contributed by atoms with Crippen LogP contribution >= 0.6 is 24.0 Å². The van der Waals surface area contributed by atoms with Gasteiger partial charge in [0.05, 0.1) is 12.2 Å². The molecule has 0 fully saturated rings. The number of guanidine groups is 1. The molecule has 0 spiro atoms. The van der Waals surface area contributed by atoms with Crippen LogP contribution in [0.15, 0.2) is 41.5 Å². The zero-order valence-electron chi connectivity index (χ0n) is 19.6. The molecule has 7 nitrogen and oxygen atoms in total. The van der Waals surface area contributed by atoms with E-state index in [-0.39, 0.29) is 29.9 Å². The number of carbonyl (C=O) groups is 1. The fourth-order valence-electron chi connectivity index (χ4n) is 3.36. The summed E-state index contributed by atoms with van der Waals surface area (Å²) >= 11 is 0. The van der Waals surface area contributed by atoms with Crippen molar-refractivity contribution in [3.63, 3.8) is 0 Å². The van der Waals surface area contributed by atoms with Crippen LogP contribution in [0.2, 0.25) is 0 Å². The van der Waals surface area contributed by atoms with Crippen molar-refractivity contribution in [1.82, 2.24) is 24.9 Å². The first-order chi connectivity index (χ1) is 14.3. The minimum absolute atomic E-state index is 0. The molecule has 0 radical (unpaired) electrons.